The Hall–Kier alpha value is -2.81. The van der Waals surface area contributed by atoms with E-state index in [1.54, 1.807) is 15.9 Å². The van der Waals surface area contributed by atoms with Crippen molar-refractivity contribution >= 4 is 29.5 Å². The molecule has 1 aromatic heterocycles. The number of carbonyl (C=O) groups is 3. The standard InChI is InChI=1S/C20H25N5O3S/c1-15-18(13-22-25(15)17-7-4-3-5-8-17)20(28)24-11-6-10-23(24)19(27)9-12-29-14-21-16(2)26/h3-5,7-8,13H,6,9-12,14H2,1-2H3,(H,21,26). The van der Waals surface area contributed by atoms with Crippen molar-refractivity contribution in [1.29, 1.82) is 0 Å². The molecule has 2 heterocycles. The summed E-state index contributed by atoms with van der Waals surface area (Å²) in [4.78, 5) is 36.6. The number of para-hydroxylation sites is 1. The SMILES string of the molecule is CC(=O)NCSCCC(=O)N1CCCN1C(=O)c1cnn(-c2ccccc2)c1C. The summed E-state index contributed by atoms with van der Waals surface area (Å²) in [6.45, 7) is 4.36. The molecule has 154 valence electrons. The lowest BCUT2D eigenvalue weighted by molar-refractivity contribution is -0.140. The predicted molar refractivity (Wildman–Crippen MR) is 111 cm³/mol. The number of hydrogen-bond acceptors (Lipinski definition) is 5. The average molecular weight is 416 g/mol. The first kappa shape index (κ1) is 20.9. The fourth-order valence-corrected chi connectivity index (χ4v) is 3.95. The van der Waals surface area contributed by atoms with Gasteiger partial charge in [-0.25, -0.2) is 9.69 Å². The molecule has 1 aromatic carbocycles. The molecule has 1 aliphatic rings. The van der Waals surface area contributed by atoms with E-state index in [9.17, 15) is 14.4 Å². The Balaban J connectivity index is 1.64. The fourth-order valence-electron chi connectivity index (χ4n) is 3.18. The van der Waals surface area contributed by atoms with E-state index in [0.717, 1.165) is 17.8 Å². The van der Waals surface area contributed by atoms with Gasteiger partial charge in [-0.2, -0.15) is 5.10 Å². The van der Waals surface area contributed by atoms with Gasteiger partial charge in [-0.1, -0.05) is 18.2 Å². The van der Waals surface area contributed by atoms with Crippen molar-refractivity contribution in [1.82, 2.24) is 25.1 Å². The van der Waals surface area contributed by atoms with Gasteiger partial charge in [-0.15, -0.1) is 11.8 Å². The maximum Gasteiger partial charge on any atom is 0.275 e. The highest BCUT2D eigenvalue weighted by atomic mass is 32.2. The maximum atomic E-state index is 13.1. The molecule has 1 aliphatic heterocycles. The van der Waals surface area contributed by atoms with Crippen molar-refractivity contribution in [3.63, 3.8) is 0 Å². The lowest BCUT2D eigenvalue weighted by Crippen LogP contribution is -2.45. The Labute approximate surface area is 174 Å². The molecule has 3 rings (SSSR count). The van der Waals surface area contributed by atoms with Gasteiger partial charge in [0.1, 0.15) is 0 Å². The number of nitrogens with zero attached hydrogens (tertiary/aromatic N) is 4. The third-order valence-corrected chi connectivity index (χ3v) is 5.52. The second-order valence-corrected chi connectivity index (χ2v) is 7.83. The Morgan fingerprint density at radius 2 is 1.86 bits per heavy atom. The lowest BCUT2D eigenvalue weighted by Gasteiger charge is -2.27. The van der Waals surface area contributed by atoms with Crippen molar-refractivity contribution in [2.24, 2.45) is 0 Å². The smallest absolute Gasteiger partial charge is 0.275 e. The molecule has 0 atom stereocenters. The van der Waals surface area contributed by atoms with Crippen LogP contribution in [0, 0.1) is 6.92 Å². The lowest BCUT2D eigenvalue weighted by atomic mass is 10.2. The molecular weight excluding hydrogens is 390 g/mol. The first-order valence-corrected chi connectivity index (χ1v) is 10.7. The Kier molecular flexibility index (Phi) is 6.92. The molecule has 8 nitrogen and oxygen atoms in total. The first-order valence-electron chi connectivity index (χ1n) is 9.53. The van der Waals surface area contributed by atoms with Crippen molar-refractivity contribution in [3.05, 3.63) is 47.8 Å². The number of nitrogens with one attached hydrogen (secondary N) is 1. The highest BCUT2D eigenvalue weighted by Gasteiger charge is 2.32. The number of benzene rings is 1. The topological polar surface area (TPSA) is 87.5 Å². The molecule has 0 spiro atoms. The number of hydrogen-bond donors (Lipinski definition) is 1. The van der Waals surface area contributed by atoms with Crippen LogP contribution in [0.3, 0.4) is 0 Å². The quantitative estimate of drug-likeness (QED) is 0.552. The number of aromatic nitrogens is 2. The summed E-state index contributed by atoms with van der Waals surface area (Å²) in [5.74, 6) is 0.679. The second kappa shape index (κ2) is 9.60. The molecular formula is C20H25N5O3S. The summed E-state index contributed by atoms with van der Waals surface area (Å²) in [5, 5.41) is 10.1. The summed E-state index contributed by atoms with van der Waals surface area (Å²) < 4.78 is 1.73. The molecule has 1 fully saturated rings. The Morgan fingerprint density at radius 1 is 1.14 bits per heavy atom. The van der Waals surface area contributed by atoms with Gasteiger partial charge in [0.25, 0.3) is 5.91 Å². The van der Waals surface area contributed by atoms with E-state index in [-0.39, 0.29) is 17.7 Å². The van der Waals surface area contributed by atoms with Gasteiger partial charge in [0.15, 0.2) is 0 Å². The molecule has 1 saturated heterocycles. The summed E-state index contributed by atoms with van der Waals surface area (Å²) in [6.07, 6.45) is 2.63. The average Bonchev–Trinajstić information content (AvgIpc) is 3.34. The number of hydrazine groups is 1. The molecule has 0 aliphatic carbocycles. The second-order valence-electron chi connectivity index (χ2n) is 6.73. The van der Waals surface area contributed by atoms with E-state index in [4.69, 9.17) is 0 Å². The van der Waals surface area contributed by atoms with Crippen molar-refractivity contribution in [2.75, 3.05) is 24.7 Å². The van der Waals surface area contributed by atoms with Crippen LogP contribution in [0.1, 0.15) is 35.8 Å². The van der Waals surface area contributed by atoms with Crippen LogP contribution in [-0.2, 0) is 9.59 Å². The zero-order valence-corrected chi connectivity index (χ0v) is 17.4. The van der Waals surface area contributed by atoms with E-state index in [1.807, 2.05) is 37.3 Å². The van der Waals surface area contributed by atoms with Gasteiger partial charge in [0.2, 0.25) is 11.8 Å². The van der Waals surface area contributed by atoms with Gasteiger partial charge in [0, 0.05) is 32.2 Å². The van der Waals surface area contributed by atoms with Crippen molar-refractivity contribution in [3.8, 4) is 5.69 Å². The first-order chi connectivity index (χ1) is 14.0. The minimum Gasteiger partial charge on any atom is -0.347 e. The van der Waals surface area contributed by atoms with Gasteiger partial charge >= 0.3 is 0 Å². The molecule has 0 bridgehead atoms. The van der Waals surface area contributed by atoms with Crippen LogP contribution in [-0.4, -0.2) is 62.2 Å². The van der Waals surface area contributed by atoms with Gasteiger partial charge in [0.05, 0.1) is 29.0 Å². The van der Waals surface area contributed by atoms with Crippen LogP contribution in [0.15, 0.2) is 36.5 Å². The van der Waals surface area contributed by atoms with E-state index in [1.165, 1.54) is 23.7 Å². The van der Waals surface area contributed by atoms with E-state index in [0.29, 0.717) is 36.7 Å². The minimum absolute atomic E-state index is 0.0840. The van der Waals surface area contributed by atoms with E-state index >= 15 is 0 Å². The minimum atomic E-state index is -0.207. The molecule has 29 heavy (non-hydrogen) atoms. The molecule has 3 amide bonds. The number of thioether (sulfide) groups is 1. The van der Waals surface area contributed by atoms with Crippen LogP contribution < -0.4 is 5.32 Å². The molecule has 0 saturated carbocycles. The van der Waals surface area contributed by atoms with Gasteiger partial charge in [-0.05, 0) is 25.5 Å². The molecule has 0 unspecified atom stereocenters. The zero-order valence-electron chi connectivity index (χ0n) is 16.6. The molecule has 0 radical (unpaired) electrons. The van der Waals surface area contributed by atoms with Crippen molar-refractivity contribution in [2.45, 2.75) is 26.7 Å². The van der Waals surface area contributed by atoms with Gasteiger partial charge < -0.3 is 5.32 Å². The summed E-state index contributed by atoms with van der Waals surface area (Å²) in [7, 11) is 0. The number of carbonyl (C=O) groups excluding carboxylic acids is 3. The number of rotatable bonds is 7. The highest BCUT2D eigenvalue weighted by molar-refractivity contribution is 7.99. The van der Waals surface area contributed by atoms with Crippen LogP contribution >= 0.6 is 11.8 Å². The maximum absolute atomic E-state index is 13.1. The van der Waals surface area contributed by atoms with Crippen LogP contribution in [0.25, 0.3) is 5.69 Å². The summed E-state index contributed by atoms with van der Waals surface area (Å²) in [5.41, 5.74) is 2.12. The Morgan fingerprint density at radius 3 is 2.59 bits per heavy atom. The summed E-state index contributed by atoms with van der Waals surface area (Å²) >= 11 is 1.48. The van der Waals surface area contributed by atoms with Crippen molar-refractivity contribution < 1.29 is 14.4 Å². The normalized spacial score (nSPS) is 13.6. The predicted octanol–water partition coefficient (Wildman–Crippen LogP) is 1.99. The highest BCUT2D eigenvalue weighted by Crippen LogP contribution is 2.20. The number of amides is 3. The van der Waals surface area contributed by atoms with Crippen LogP contribution in [0.2, 0.25) is 0 Å². The third-order valence-electron chi connectivity index (χ3n) is 4.68. The molecule has 9 heteroatoms. The van der Waals surface area contributed by atoms with Crippen LogP contribution in [0.4, 0.5) is 0 Å². The summed E-state index contributed by atoms with van der Waals surface area (Å²) in [6, 6.07) is 9.62. The zero-order chi connectivity index (χ0) is 20.8. The molecule has 1 N–H and O–H groups in total. The molecule has 2 aromatic rings. The van der Waals surface area contributed by atoms with Gasteiger partial charge in [-0.3, -0.25) is 19.4 Å². The Bertz CT molecular complexity index is 883. The third kappa shape index (κ3) is 4.97. The van der Waals surface area contributed by atoms with E-state index < -0.39 is 0 Å². The largest absolute Gasteiger partial charge is 0.347 e. The van der Waals surface area contributed by atoms with Crippen LogP contribution in [0.5, 0.6) is 0 Å². The monoisotopic (exact) mass is 415 g/mol. The van der Waals surface area contributed by atoms with E-state index in [2.05, 4.69) is 10.4 Å². The fraction of sp³-hybridized carbons (Fsp3) is 0.400.